The summed E-state index contributed by atoms with van der Waals surface area (Å²) in [4.78, 5) is 0. The predicted molar refractivity (Wildman–Crippen MR) is 139 cm³/mol. The standard InChI is InChI=1S/C28H20Cl2N2/c29-23-14-5-3-11-19(23)22-16-25(31)27(20-13-7-9-17-8-1-2-10-18(17)20)28(32)26(22)21-12-4-6-15-24(21)30/h1-16H,31-32H2. The summed E-state index contributed by atoms with van der Waals surface area (Å²) in [6.45, 7) is 0. The second kappa shape index (κ2) is 8.23. The van der Waals surface area contributed by atoms with E-state index in [0.29, 0.717) is 21.4 Å². The molecular formula is C28H20Cl2N2. The summed E-state index contributed by atoms with van der Waals surface area (Å²) in [5, 5.41) is 3.45. The van der Waals surface area contributed by atoms with Crippen molar-refractivity contribution in [3.05, 3.63) is 107 Å². The zero-order valence-corrected chi connectivity index (χ0v) is 18.7. The first-order valence-corrected chi connectivity index (χ1v) is 11.0. The first-order chi connectivity index (χ1) is 15.6. The van der Waals surface area contributed by atoms with Crippen molar-refractivity contribution < 1.29 is 0 Å². The van der Waals surface area contributed by atoms with E-state index >= 15 is 0 Å². The summed E-state index contributed by atoms with van der Waals surface area (Å²) in [6, 6.07) is 31.7. The van der Waals surface area contributed by atoms with Crippen molar-refractivity contribution in [2.24, 2.45) is 0 Å². The number of nitrogens with two attached hydrogens (primary N) is 2. The maximum Gasteiger partial charge on any atom is 0.0501 e. The fourth-order valence-corrected chi connectivity index (χ4v) is 4.78. The van der Waals surface area contributed by atoms with Gasteiger partial charge >= 0.3 is 0 Å². The molecule has 0 saturated carbocycles. The lowest BCUT2D eigenvalue weighted by Crippen LogP contribution is -2.02. The lowest BCUT2D eigenvalue weighted by molar-refractivity contribution is 1.56. The quantitative estimate of drug-likeness (QED) is 0.269. The predicted octanol–water partition coefficient (Wildman–Crippen LogP) is 8.31. The summed E-state index contributed by atoms with van der Waals surface area (Å²) in [6.07, 6.45) is 0. The largest absolute Gasteiger partial charge is 0.398 e. The summed E-state index contributed by atoms with van der Waals surface area (Å²) in [5.74, 6) is 0. The summed E-state index contributed by atoms with van der Waals surface area (Å²) < 4.78 is 0. The molecule has 0 amide bonds. The maximum atomic E-state index is 6.91. The molecule has 0 aliphatic rings. The number of nitrogen functional groups attached to an aromatic ring is 2. The van der Waals surface area contributed by atoms with Crippen LogP contribution in [-0.2, 0) is 0 Å². The van der Waals surface area contributed by atoms with Gasteiger partial charge in [0.05, 0.1) is 5.69 Å². The Bertz CT molecular complexity index is 1470. The van der Waals surface area contributed by atoms with Gasteiger partial charge in [-0.25, -0.2) is 0 Å². The molecule has 2 nitrogen and oxygen atoms in total. The molecule has 0 aliphatic carbocycles. The van der Waals surface area contributed by atoms with Gasteiger partial charge in [-0.05, 0) is 40.1 Å². The molecule has 0 bridgehead atoms. The lowest BCUT2D eigenvalue weighted by Gasteiger charge is -2.21. The lowest BCUT2D eigenvalue weighted by atomic mass is 9.86. The number of hydrogen-bond acceptors (Lipinski definition) is 2. The van der Waals surface area contributed by atoms with Crippen LogP contribution in [0, 0.1) is 0 Å². The van der Waals surface area contributed by atoms with Crippen LogP contribution in [0.2, 0.25) is 10.0 Å². The Kier molecular flexibility index (Phi) is 5.26. The summed E-state index contributed by atoms with van der Waals surface area (Å²) >= 11 is 13.2. The van der Waals surface area contributed by atoms with Crippen LogP contribution in [0.4, 0.5) is 11.4 Å². The number of halogens is 2. The van der Waals surface area contributed by atoms with Crippen LogP contribution in [-0.4, -0.2) is 0 Å². The zero-order valence-electron chi connectivity index (χ0n) is 17.1. The van der Waals surface area contributed by atoms with E-state index in [4.69, 9.17) is 34.7 Å². The summed E-state index contributed by atoms with van der Waals surface area (Å²) in [7, 11) is 0. The Hall–Kier alpha value is -3.46. The Morgan fingerprint density at radius 2 is 1.06 bits per heavy atom. The first kappa shape index (κ1) is 20.4. The van der Waals surface area contributed by atoms with E-state index < -0.39 is 0 Å². The van der Waals surface area contributed by atoms with Crippen molar-refractivity contribution in [3.63, 3.8) is 0 Å². The first-order valence-electron chi connectivity index (χ1n) is 10.3. The molecule has 0 radical (unpaired) electrons. The molecular weight excluding hydrogens is 435 g/mol. The molecule has 0 saturated heterocycles. The average Bonchev–Trinajstić information content (AvgIpc) is 2.80. The third-order valence-electron chi connectivity index (χ3n) is 5.76. The molecule has 0 aromatic heterocycles. The number of rotatable bonds is 3. The molecule has 4 heteroatoms. The highest BCUT2D eigenvalue weighted by molar-refractivity contribution is 6.35. The van der Waals surface area contributed by atoms with Gasteiger partial charge in [0.1, 0.15) is 0 Å². The van der Waals surface area contributed by atoms with Gasteiger partial charge in [0.25, 0.3) is 0 Å². The molecule has 0 atom stereocenters. The molecule has 0 fully saturated rings. The van der Waals surface area contributed by atoms with E-state index in [1.54, 1.807) is 0 Å². The molecule has 32 heavy (non-hydrogen) atoms. The number of benzene rings is 5. The summed E-state index contributed by atoms with van der Waals surface area (Å²) in [5.41, 5.74) is 19.9. The van der Waals surface area contributed by atoms with E-state index in [-0.39, 0.29) is 0 Å². The van der Waals surface area contributed by atoms with Crippen LogP contribution in [0.25, 0.3) is 44.2 Å². The molecule has 5 rings (SSSR count). The molecule has 0 heterocycles. The Labute approximate surface area is 197 Å². The average molecular weight is 455 g/mol. The smallest absolute Gasteiger partial charge is 0.0501 e. The van der Waals surface area contributed by atoms with Crippen molar-refractivity contribution in [3.8, 4) is 33.4 Å². The highest BCUT2D eigenvalue weighted by atomic mass is 35.5. The van der Waals surface area contributed by atoms with Crippen LogP contribution < -0.4 is 11.5 Å². The van der Waals surface area contributed by atoms with Crippen molar-refractivity contribution in [1.29, 1.82) is 0 Å². The molecule has 5 aromatic rings. The van der Waals surface area contributed by atoms with Gasteiger partial charge < -0.3 is 11.5 Å². The molecule has 156 valence electrons. The van der Waals surface area contributed by atoms with E-state index in [2.05, 4.69) is 24.3 Å². The fourth-order valence-electron chi connectivity index (χ4n) is 4.32. The topological polar surface area (TPSA) is 52.0 Å². The van der Waals surface area contributed by atoms with Gasteiger partial charge in [-0.3, -0.25) is 0 Å². The molecule has 0 spiro atoms. The van der Waals surface area contributed by atoms with Crippen molar-refractivity contribution in [2.75, 3.05) is 11.5 Å². The molecule has 4 N–H and O–H groups in total. The highest BCUT2D eigenvalue weighted by Crippen LogP contribution is 2.49. The SMILES string of the molecule is Nc1cc(-c2ccccc2Cl)c(-c2ccccc2Cl)c(N)c1-c1cccc2ccccc12. The van der Waals surface area contributed by atoms with Gasteiger partial charge in [0.15, 0.2) is 0 Å². The van der Waals surface area contributed by atoms with Crippen molar-refractivity contribution in [2.45, 2.75) is 0 Å². The minimum Gasteiger partial charge on any atom is -0.398 e. The van der Waals surface area contributed by atoms with E-state index in [0.717, 1.165) is 44.2 Å². The molecule has 0 aliphatic heterocycles. The highest BCUT2D eigenvalue weighted by Gasteiger charge is 2.22. The number of anilines is 2. The Morgan fingerprint density at radius 1 is 0.500 bits per heavy atom. The molecule has 0 unspecified atom stereocenters. The normalized spacial score (nSPS) is 11.1. The Morgan fingerprint density at radius 3 is 1.78 bits per heavy atom. The number of hydrogen-bond donors (Lipinski definition) is 2. The second-order valence-electron chi connectivity index (χ2n) is 7.66. The van der Waals surface area contributed by atoms with Gasteiger partial charge in [-0.1, -0.05) is 102 Å². The monoisotopic (exact) mass is 454 g/mol. The van der Waals surface area contributed by atoms with Gasteiger partial charge in [0, 0.05) is 38.0 Å². The minimum atomic E-state index is 0.573. The van der Waals surface area contributed by atoms with Crippen LogP contribution in [0.15, 0.2) is 97.1 Å². The van der Waals surface area contributed by atoms with Gasteiger partial charge in [-0.2, -0.15) is 0 Å². The second-order valence-corrected chi connectivity index (χ2v) is 8.48. The fraction of sp³-hybridized carbons (Fsp3) is 0. The van der Waals surface area contributed by atoms with E-state index in [1.165, 1.54) is 0 Å². The van der Waals surface area contributed by atoms with E-state index in [1.807, 2.05) is 72.8 Å². The third-order valence-corrected chi connectivity index (χ3v) is 6.42. The maximum absolute atomic E-state index is 6.91. The number of fused-ring (bicyclic) bond motifs is 1. The third kappa shape index (κ3) is 3.38. The van der Waals surface area contributed by atoms with Gasteiger partial charge in [0.2, 0.25) is 0 Å². The minimum absolute atomic E-state index is 0.573. The van der Waals surface area contributed by atoms with Crippen LogP contribution in [0.3, 0.4) is 0 Å². The molecule has 5 aromatic carbocycles. The van der Waals surface area contributed by atoms with Crippen LogP contribution in [0.5, 0.6) is 0 Å². The van der Waals surface area contributed by atoms with Crippen molar-refractivity contribution >= 4 is 45.3 Å². The van der Waals surface area contributed by atoms with Crippen LogP contribution >= 0.6 is 23.2 Å². The van der Waals surface area contributed by atoms with Gasteiger partial charge in [-0.15, -0.1) is 0 Å². The van der Waals surface area contributed by atoms with Crippen molar-refractivity contribution in [1.82, 2.24) is 0 Å². The van der Waals surface area contributed by atoms with E-state index in [9.17, 15) is 0 Å². The Balaban J connectivity index is 1.91. The zero-order chi connectivity index (χ0) is 22.2. The van der Waals surface area contributed by atoms with Crippen LogP contribution in [0.1, 0.15) is 0 Å².